The highest BCUT2D eigenvalue weighted by atomic mass is 16.5. The van der Waals surface area contributed by atoms with Crippen molar-refractivity contribution in [2.75, 3.05) is 13.2 Å². The topological polar surface area (TPSA) is 113 Å². The van der Waals surface area contributed by atoms with Crippen molar-refractivity contribution in [3.05, 3.63) is 29.8 Å². The summed E-state index contributed by atoms with van der Waals surface area (Å²) in [6, 6.07) is 5.70. The Morgan fingerprint density at radius 3 is 2.30 bits per heavy atom. The summed E-state index contributed by atoms with van der Waals surface area (Å²) < 4.78 is 9.51. The molecule has 1 aromatic rings. The molecular formula is C13H16O7. The summed E-state index contributed by atoms with van der Waals surface area (Å²) in [4.78, 5) is 21.6. The van der Waals surface area contributed by atoms with Gasteiger partial charge in [-0.15, -0.1) is 0 Å². The predicted octanol–water partition coefficient (Wildman–Crippen LogP) is 0.107. The van der Waals surface area contributed by atoms with Crippen LogP contribution < -0.4 is 4.74 Å². The molecule has 0 saturated carbocycles. The number of rotatable bonds is 7. The van der Waals surface area contributed by atoms with Gasteiger partial charge in [-0.3, -0.25) is 0 Å². The Balaban J connectivity index is 2.67. The summed E-state index contributed by atoms with van der Waals surface area (Å²) in [5, 5.41) is 27.8. The Hall–Kier alpha value is -2.12. The number of carbonyl (C=O) groups excluding carboxylic acids is 1. The number of benzene rings is 1. The van der Waals surface area contributed by atoms with Crippen molar-refractivity contribution in [1.82, 2.24) is 0 Å². The van der Waals surface area contributed by atoms with Crippen LogP contribution in [0, 0.1) is 0 Å². The van der Waals surface area contributed by atoms with Crippen molar-refractivity contribution in [2.24, 2.45) is 0 Å². The van der Waals surface area contributed by atoms with E-state index < -0.39 is 30.8 Å². The molecule has 0 spiro atoms. The number of hydrogen-bond acceptors (Lipinski definition) is 6. The lowest BCUT2D eigenvalue weighted by Gasteiger charge is -2.17. The molecule has 3 N–H and O–H groups in total. The number of carbonyl (C=O) groups is 2. The molecule has 0 fully saturated rings. The fraction of sp³-hybridized carbons (Fsp3) is 0.385. The zero-order valence-electron chi connectivity index (χ0n) is 10.9. The van der Waals surface area contributed by atoms with Crippen LogP contribution in [0.5, 0.6) is 5.75 Å². The minimum atomic E-state index is -1.68. The fourth-order valence-corrected chi connectivity index (χ4v) is 1.45. The van der Waals surface area contributed by atoms with Gasteiger partial charge in [-0.05, 0) is 24.6 Å². The van der Waals surface area contributed by atoms with Crippen molar-refractivity contribution in [3.63, 3.8) is 0 Å². The molecule has 20 heavy (non-hydrogen) atoms. The average Bonchev–Trinajstić information content (AvgIpc) is 2.44. The van der Waals surface area contributed by atoms with E-state index in [2.05, 4.69) is 4.74 Å². The van der Waals surface area contributed by atoms with Crippen LogP contribution in [0.1, 0.15) is 18.6 Å². The quantitative estimate of drug-likeness (QED) is 0.609. The maximum Gasteiger partial charge on any atom is 0.341 e. The largest absolute Gasteiger partial charge is 0.482 e. The van der Waals surface area contributed by atoms with E-state index in [9.17, 15) is 19.8 Å². The number of aliphatic carboxylic acids is 1. The Bertz CT molecular complexity index is 454. The number of aliphatic hydroxyl groups excluding tert-OH is 2. The third-order valence-electron chi connectivity index (χ3n) is 2.41. The van der Waals surface area contributed by atoms with Crippen molar-refractivity contribution >= 4 is 11.9 Å². The summed E-state index contributed by atoms with van der Waals surface area (Å²) >= 11 is 0. The summed E-state index contributed by atoms with van der Waals surface area (Å²) in [6.45, 7) is 1.21. The molecule has 1 aromatic carbocycles. The van der Waals surface area contributed by atoms with Gasteiger partial charge < -0.3 is 24.8 Å². The molecule has 0 heterocycles. The zero-order chi connectivity index (χ0) is 15.1. The highest BCUT2D eigenvalue weighted by Gasteiger charge is 2.26. The van der Waals surface area contributed by atoms with Gasteiger partial charge in [0.15, 0.2) is 12.7 Å². The van der Waals surface area contributed by atoms with Crippen LogP contribution >= 0.6 is 0 Å². The van der Waals surface area contributed by atoms with Crippen LogP contribution in [0.2, 0.25) is 0 Å². The van der Waals surface area contributed by atoms with E-state index in [0.29, 0.717) is 5.75 Å². The number of hydrogen-bond donors (Lipinski definition) is 3. The normalized spacial score (nSPS) is 13.3. The summed E-state index contributed by atoms with van der Waals surface area (Å²) in [5.74, 6) is -1.72. The SMILES string of the molecule is CCOC(=O)C(O)C(O)c1ccc(OCC(=O)O)cc1. The second kappa shape index (κ2) is 7.46. The monoisotopic (exact) mass is 284 g/mol. The molecule has 0 aliphatic heterocycles. The molecule has 0 saturated heterocycles. The van der Waals surface area contributed by atoms with Crippen molar-refractivity contribution in [1.29, 1.82) is 0 Å². The number of aliphatic hydroxyl groups is 2. The van der Waals surface area contributed by atoms with E-state index in [4.69, 9.17) is 9.84 Å². The highest BCUT2D eigenvalue weighted by molar-refractivity contribution is 5.75. The summed E-state index contributed by atoms with van der Waals surface area (Å²) in [6.07, 6.45) is -3.11. The van der Waals surface area contributed by atoms with Crippen LogP contribution in [0.4, 0.5) is 0 Å². The third-order valence-corrected chi connectivity index (χ3v) is 2.41. The van der Waals surface area contributed by atoms with Gasteiger partial charge in [-0.2, -0.15) is 0 Å². The summed E-state index contributed by atoms with van der Waals surface area (Å²) in [5.41, 5.74) is 0.285. The van der Waals surface area contributed by atoms with Gasteiger partial charge in [0.05, 0.1) is 6.61 Å². The molecule has 2 unspecified atom stereocenters. The minimum absolute atomic E-state index is 0.102. The van der Waals surface area contributed by atoms with Gasteiger partial charge in [-0.1, -0.05) is 12.1 Å². The Kier molecular flexibility index (Phi) is 5.95. The second-order valence-electron chi connectivity index (χ2n) is 3.89. The first-order chi connectivity index (χ1) is 9.45. The van der Waals surface area contributed by atoms with Crippen LogP contribution in [0.3, 0.4) is 0 Å². The molecule has 7 nitrogen and oxygen atoms in total. The van der Waals surface area contributed by atoms with Gasteiger partial charge in [0.25, 0.3) is 0 Å². The zero-order valence-corrected chi connectivity index (χ0v) is 10.9. The van der Waals surface area contributed by atoms with Crippen molar-refractivity contribution in [3.8, 4) is 5.75 Å². The molecule has 2 atom stereocenters. The molecule has 0 aliphatic rings. The number of carboxylic acids is 1. The van der Waals surface area contributed by atoms with Gasteiger partial charge in [-0.25, -0.2) is 9.59 Å². The molecule has 0 aliphatic carbocycles. The molecular weight excluding hydrogens is 268 g/mol. The van der Waals surface area contributed by atoms with E-state index in [-0.39, 0.29) is 12.2 Å². The van der Waals surface area contributed by atoms with Crippen LogP contribution in [0.15, 0.2) is 24.3 Å². The number of esters is 1. The van der Waals surface area contributed by atoms with E-state index >= 15 is 0 Å². The molecule has 0 amide bonds. The first kappa shape index (κ1) is 15.9. The van der Waals surface area contributed by atoms with Crippen LogP contribution in [0.25, 0.3) is 0 Å². The highest BCUT2D eigenvalue weighted by Crippen LogP contribution is 2.21. The lowest BCUT2D eigenvalue weighted by Crippen LogP contribution is -2.29. The van der Waals surface area contributed by atoms with E-state index in [1.54, 1.807) is 6.92 Å². The third kappa shape index (κ3) is 4.52. The molecule has 0 aromatic heterocycles. The first-order valence-electron chi connectivity index (χ1n) is 5.93. The lowest BCUT2D eigenvalue weighted by molar-refractivity contribution is -0.159. The fourth-order valence-electron chi connectivity index (χ4n) is 1.45. The lowest BCUT2D eigenvalue weighted by atomic mass is 10.0. The van der Waals surface area contributed by atoms with Crippen molar-refractivity contribution < 1.29 is 34.4 Å². The van der Waals surface area contributed by atoms with Crippen LogP contribution in [-0.2, 0) is 14.3 Å². The number of ether oxygens (including phenoxy) is 2. The van der Waals surface area contributed by atoms with E-state index in [1.165, 1.54) is 24.3 Å². The maximum atomic E-state index is 11.3. The Morgan fingerprint density at radius 1 is 1.20 bits per heavy atom. The van der Waals surface area contributed by atoms with Gasteiger partial charge in [0.2, 0.25) is 0 Å². The predicted molar refractivity (Wildman–Crippen MR) is 67.2 cm³/mol. The molecule has 7 heteroatoms. The standard InChI is InChI=1S/C13H16O7/c1-2-19-13(18)12(17)11(16)8-3-5-9(6-4-8)20-7-10(14)15/h3-6,11-12,16-17H,2,7H2,1H3,(H,14,15). The molecule has 1 rings (SSSR count). The van der Waals surface area contributed by atoms with E-state index in [1.807, 2.05) is 0 Å². The number of carboxylic acid groups (broad SMARTS) is 1. The van der Waals surface area contributed by atoms with Gasteiger partial charge in [0.1, 0.15) is 11.9 Å². The average molecular weight is 284 g/mol. The molecule has 0 bridgehead atoms. The van der Waals surface area contributed by atoms with Crippen LogP contribution in [-0.4, -0.2) is 46.6 Å². The minimum Gasteiger partial charge on any atom is -0.482 e. The van der Waals surface area contributed by atoms with E-state index in [0.717, 1.165) is 0 Å². The molecule has 110 valence electrons. The smallest absolute Gasteiger partial charge is 0.341 e. The Labute approximate surface area is 115 Å². The second-order valence-corrected chi connectivity index (χ2v) is 3.89. The maximum absolute atomic E-state index is 11.3. The molecule has 0 radical (unpaired) electrons. The van der Waals surface area contributed by atoms with Gasteiger partial charge >= 0.3 is 11.9 Å². The first-order valence-corrected chi connectivity index (χ1v) is 5.93. The van der Waals surface area contributed by atoms with Crippen molar-refractivity contribution in [2.45, 2.75) is 19.1 Å². The summed E-state index contributed by atoms with van der Waals surface area (Å²) in [7, 11) is 0. The Morgan fingerprint density at radius 2 is 1.80 bits per heavy atom. The van der Waals surface area contributed by atoms with Gasteiger partial charge in [0, 0.05) is 0 Å².